The largest absolute Gasteiger partial charge is 0.497 e. The summed E-state index contributed by atoms with van der Waals surface area (Å²) in [7, 11) is 1.57. The number of halogens is 3. The quantitative estimate of drug-likeness (QED) is 0.505. The Labute approximate surface area is 152 Å². The number of ether oxygens (including phenoxy) is 1. The summed E-state index contributed by atoms with van der Waals surface area (Å²) in [5.74, 6) is 1.10. The fraction of sp³-hybridized carbons (Fsp3) is 0.100. The number of nitrogens with zero attached hydrogens (tertiary/aromatic N) is 3. The molecule has 0 amide bonds. The van der Waals surface area contributed by atoms with E-state index in [-0.39, 0.29) is 0 Å². The van der Waals surface area contributed by atoms with Gasteiger partial charge in [0.05, 0.1) is 24.1 Å². The van der Waals surface area contributed by atoms with Crippen molar-refractivity contribution in [3.63, 3.8) is 0 Å². The zero-order valence-corrected chi connectivity index (χ0v) is 14.2. The summed E-state index contributed by atoms with van der Waals surface area (Å²) in [6.07, 6.45) is -1.05. The van der Waals surface area contributed by atoms with E-state index in [1.807, 2.05) is 12.1 Å². The molecule has 0 unspecified atom stereocenters. The highest BCUT2D eigenvalue weighted by Crippen LogP contribution is 2.36. The van der Waals surface area contributed by atoms with Crippen molar-refractivity contribution >= 4 is 5.78 Å². The molecule has 0 saturated carbocycles. The Bertz CT molecular complexity index is 1100. The monoisotopic (exact) mass is 369 g/mol. The molecule has 0 saturated heterocycles. The van der Waals surface area contributed by atoms with Gasteiger partial charge in [-0.2, -0.15) is 13.2 Å². The average molecular weight is 369 g/mol. The highest BCUT2D eigenvalue weighted by Gasteiger charge is 2.31. The molecule has 2 heterocycles. The molecule has 4 rings (SSSR count). The fourth-order valence-electron chi connectivity index (χ4n) is 2.96. The SMILES string of the molecule is COc1ccc(-c2c(-c3cccc(C(F)(F)F)c3)nc3ncccn23)cc1. The Hall–Kier alpha value is -3.35. The Morgan fingerprint density at radius 3 is 2.44 bits per heavy atom. The molecule has 0 fully saturated rings. The van der Waals surface area contributed by atoms with Crippen molar-refractivity contribution in [1.29, 1.82) is 0 Å². The first kappa shape index (κ1) is 17.1. The van der Waals surface area contributed by atoms with Crippen LogP contribution >= 0.6 is 0 Å². The fourth-order valence-corrected chi connectivity index (χ4v) is 2.96. The molecule has 27 heavy (non-hydrogen) atoms. The van der Waals surface area contributed by atoms with Crippen LogP contribution in [0.25, 0.3) is 28.3 Å². The zero-order valence-electron chi connectivity index (χ0n) is 14.2. The summed E-state index contributed by atoms with van der Waals surface area (Å²) in [6, 6.07) is 14.2. The summed E-state index contributed by atoms with van der Waals surface area (Å²) >= 11 is 0. The Balaban J connectivity index is 1.96. The first-order valence-corrected chi connectivity index (χ1v) is 8.12. The van der Waals surface area contributed by atoms with Crippen LogP contribution in [0.5, 0.6) is 5.75 Å². The van der Waals surface area contributed by atoms with Gasteiger partial charge in [-0.25, -0.2) is 9.97 Å². The summed E-state index contributed by atoms with van der Waals surface area (Å²) in [5.41, 5.74) is 1.56. The summed E-state index contributed by atoms with van der Waals surface area (Å²) < 4.78 is 46.4. The molecule has 4 aromatic rings. The molecule has 0 aliphatic rings. The minimum atomic E-state index is -4.42. The molecular formula is C20H14F3N3O. The maximum Gasteiger partial charge on any atom is 0.416 e. The van der Waals surface area contributed by atoms with Gasteiger partial charge in [0.25, 0.3) is 0 Å². The molecule has 0 atom stereocenters. The van der Waals surface area contributed by atoms with Crippen molar-refractivity contribution in [2.24, 2.45) is 0 Å². The van der Waals surface area contributed by atoms with E-state index in [2.05, 4.69) is 9.97 Å². The second-order valence-electron chi connectivity index (χ2n) is 5.91. The molecule has 4 nitrogen and oxygen atoms in total. The lowest BCUT2D eigenvalue weighted by Gasteiger charge is -2.10. The molecule has 2 aromatic heterocycles. The number of fused-ring (bicyclic) bond motifs is 1. The van der Waals surface area contributed by atoms with Crippen LogP contribution in [0.2, 0.25) is 0 Å². The van der Waals surface area contributed by atoms with E-state index in [0.29, 0.717) is 28.5 Å². The maximum atomic E-state index is 13.1. The van der Waals surface area contributed by atoms with Crippen LogP contribution in [-0.4, -0.2) is 21.5 Å². The lowest BCUT2D eigenvalue weighted by atomic mass is 10.0. The van der Waals surface area contributed by atoms with E-state index >= 15 is 0 Å². The van der Waals surface area contributed by atoms with Gasteiger partial charge in [0.15, 0.2) is 0 Å². The predicted octanol–water partition coefficient (Wildman–Crippen LogP) is 5.09. The summed E-state index contributed by atoms with van der Waals surface area (Å²) in [6.45, 7) is 0. The van der Waals surface area contributed by atoms with Crippen molar-refractivity contribution in [2.75, 3.05) is 7.11 Å². The number of aromatic nitrogens is 3. The summed E-state index contributed by atoms with van der Waals surface area (Å²) in [5, 5.41) is 0. The number of alkyl halides is 3. The van der Waals surface area contributed by atoms with E-state index < -0.39 is 11.7 Å². The van der Waals surface area contributed by atoms with E-state index in [1.165, 1.54) is 6.07 Å². The number of benzene rings is 2. The van der Waals surface area contributed by atoms with Crippen LogP contribution in [0.15, 0.2) is 67.0 Å². The number of rotatable bonds is 3. The second-order valence-corrected chi connectivity index (χ2v) is 5.91. The van der Waals surface area contributed by atoms with Crippen LogP contribution in [0.4, 0.5) is 13.2 Å². The topological polar surface area (TPSA) is 39.4 Å². The number of hydrogen-bond donors (Lipinski definition) is 0. The van der Waals surface area contributed by atoms with Crippen LogP contribution in [0.1, 0.15) is 5.56 Å². The molecule has 0 radical (unpaired) electrons. The lowest BCUT2D eigenvalue weighted by molar-refractivity contribution is -0.137. The molecule has 0 aliphatic carbocycles. The van der Waals surface area contributed by atoms with Gasteiger partial charge in [-0.05, 0) is 42.5 Å². The number of methoxy groups -OCH3 is 1. The van der Waals surface area contributed by atoms with Gasteiger partial charge in [0.2, 0.25) is 5.78 Å². The van der Waals surface area contributed by atoms with Crippen molar-refractivity contribution in [3.8, 4) is 28.3 Å². The van der Waals surface area contributed by atoms with E-state index in [0.717, 1.165) is 17.7 Å². The smallest absolute Gasteiger partial charge is 0.416 e. The van der Waals surface area contributed by atoms with Gasteiger partial charge in [-0.3, -0.25) is 4.40 Å². The molecule has 0 spiro atoms. The normalized spacial score (nSPS) is 11.7. The number of imidazole rings is 1. The highest BCUT2D eigenvalue weighted by atomic mass is 19.4. The molecule has 0 N–H and O–H groups in total. The first-order chi connectivity index (χ1) is 13.0. The highest BCUT2D eigenvalue weighted by molar-refractivity contribution is 5.81. The van der Waals surface area contributed by atoms with Crippen LogP contribution in [0, 0.1) is 0 Å². The van der Waals surface area contributed by atoms with Crippen LogP contribution in [0.3, 0.4) is 0 Å². The molecule has 0 bridgehead atoms. The standard InChI is InChI=1S/C20H14F3N3O/c1-27-16-8-6-13(7-9-16)18-17(25-19-24-10-3-11-26(18)19)14-4-2-5-15(12-14)20(21,22)23/h2-12H,1H3. The van der Waals surface area contributed by atoms with Crippen LogP contribution < -0.4 is 4.74 Å². The Kier molecular flexibility index (Phi) is 4.07. The second kappa shape index (κ2) is 6.42. The summed E-state index contributed by atoms with van der Waals surface area (Å²) in [4.78, 5) is 8.70. The van der Waals surface area contributed by atoms with E-state index in [4.69, 9.17) is 4.74 Å². The number of hydrogen-bond acceptors (Lipinski definition) is 3. The molecule has 7 heteroatoms. The van der Waals surface area contributed by atoms with Gasteiger partial charge >= 0.3 is 6.18 Å². The average Bonchev–Trinajstić information content (AvgIpc) is 3.07. The molecular weight excluding hydrogens is 355 g/mol. The Morgan fingerprint density at radius 1 is 0.963 bits per heavy atom. The minimum absolute atomic E-state index is 0.376. The van der Waals surface area contributed by atoms with Gasteiger partial charge in [-0.1, -0.05) is 12.1 Å². The van der Waals surface area contributed by atoms with Crippen molar-refractivity contribution in [3.05, 3.63) is 72.6 Å². The van der Waals surface area contributed by atoms with Crippen molar-refractivity contribution < 1.29 is 17.9 Å². The van der Waals surface area contributed by atoms with Gasteiger partial charge in [0, 0.05) is 23.5 Å². The molecule has 136 valence electrons. The lowest BCUT2D eigenvalue weighted by Crippen LogP contribution is -2.04. The molecule has 0 aliphatic heterocycles. The van der Waals surface area contributed by atoms with Gasteiger partial charge in [-0.15, -0.1) is 0 Å². The minimum Gasteiger partial charge on any atom is -0.497 e. The van der Waals surface area contributed by atoms with Crippen LogP contribution in [-0.2, 0) is 6.18 Å². The predicted molar refractivity (Wildman–Crippen MR) is 95.4 cm³/mol. The van der Waals surface area contributed by atoms with Gasteiger partial charge < -0.3 is 4.74 Å². The van der Waals surface area contributed by atoms with E-state index in [1.54, 1.807) is 48.2 Å². The third-order valence-electron chi connectivity index (χ3n) is 4.23. The maximum absolute atomic E-state index is 13.1. The Morgan fingerprint density at radius 2 is 1.74 bits per heavy atom. The van der Waals surface area contributed by atoms with Crippen molar-refractivity contribution in [1.82, 2.24) is 14.4 Å². The third kappa shape index (κ3) is 3.12. The first-order valence-electron chi connectivity index (χ1n) is 8.12. The van der Waals surface area contributed by atoms with E-state index in [9.17, 15) is 13.2 Å². The molecule has 2 aromatic carbocycles. The third-order valence-corrected chi connectivity index (χ3v) is 4.23. The van der Waals surface area contributed by atoms with Gasteiger partial charge in [0.1, 0.15) is 5.75 Å². The van der Waals surface area contributed by atoms with Crippen molar-refractivity contribution in [2.45, 2.75) is 6.18 Å². The zero-order chi connectivity index (χ0) is 19.0.